The van der Waals surface area contributed by atoms with Crippen LogP contribution in [0.1, 0.15) is 28.9 Å². The number of sulfonamides is 1. The Kier molecular flexibility index (Phi) is 5.74. The summed E-state index contributed by atoms with van der Waals surface area (Å²) in [5.41, 5.74) is 1.24. The third-order valence-corrected chi connectivity index (χ3v) is 4.59. The summed E-state index contributed by atoms with van der Waals surface area (Å²) in [4.78, 5) is 12.5. The minimum atomic E-state index is -3.49. The van der Waals surface area contributed by atoms with Crippen molar-refractivity contribution in [2.75, 3.05) is 11.0 Å². The molecule has 5 nitrogen and oxygen atoms in total. The lowest BCUT2D eigenvalue weighted by atomic mass is 10.1. The summed E-state index contributed by atoms with van der Waals surface area (Å²) in [6.07, 6.45) is 1.03. The number of hydrogen-bond acceptors (Lipinski definition) is 3. The Labute approximate surface area is 151 Å². The zero-order valence-corrected chi connectivity index (χ0v) is 15.3. The topological polar surface area (TPSA) is 75.3 Å². The van der Waals surface area contributed by atoms with E-state index in [1.54, 1.807) is 43.3 Å². The number of carbonyl (C=O) groups is 1. The van der Waals surface area contributed by atoms with Crippen LogP contribution in [0.25, 0.3) is 0 Å². The monoisotopic (exact) mass is 386 g/mol. The van der Waals surface area contributed by atoms with Crippen molar-refractivity contribution in [2.45, 2.75) is 13.0 Å². The highest BCUT2D eigenvalue weighted by Crippen LogP contribution is 2.26. The van der Waals surface area contributed by atoms with Crippen LogP contribution in [0.4, 0.5) is 5.69 Å². The van der Waals surface area contributed by atoms with Gasteiger partial charge in [-0.25, -0.2) is 8.42 Å². The lowest BCUT2D eigenvalue weighted by Gasteiger charge is -2.17. The molecule has 8 heteroatoms. The van der Waals surface area contributed by atoms with E-state index in [-0.39, 0.29) is 17.3 Å². The van der Waals surface area contributed by atoms with E-state index in [0.29, 0.717) is 10.0 Å². The van der Waals surface area contributed by atoms with Crippen molar-refractivity contribution in [3.05, 3.63) is 63.6 Å². The Balaban J connectivity index is 2.22. The summed E-state index contributed by atoms with van der Waals surface area (Å²) in [5.74, 6) is -0.402. The molecule has 0 bridgehead atoms. The Morgan fingerprint density at radius 3 is 2.38 bits per heavy atom. The lowest BCUT2D eigenvalue weighted by Crippen LogP contribution is -2.27. The van der Waals surface area contributed by atoms with Crippen molar-refractivity contribution in [1.29, 1.82) is 0 Å². The smallest absolute Gasteiger partial charge is 0.253 e. The molecule has 24 heavy (non-hydrogen) atoms. The average Bonchev–Trinajstić information content (AvgIpc) is 2.48. The molecule has 2 rings (SSSR count). The normalized spacial score (nSPS) is 12.5. The van der Waals surface area contributed by atoms with Crippen LogP contribution in [-0.4, -0.2) is 20.6 Å². The number of carbonyl (C=O) groups excluding carboxylic acids is 1. The van der Waals surface area contributed by atoms with E-state index >= 15 is 0 Å². The van der Waals surface area contributed by atoms with Gasteiger partial charge in [0.05, 0.1) is 33.6 Å². The fourth-order valence-electron chi connectivity index (χ4n) is 2.11. The molecular formula is C16H16Cl2N2O3S. The summed E-state index contributed by atoms with van der Waals surface area (Å²) < 4.78 is 25.2. The number of amides is 1. The highest BCUT2D eigenvalue weighted by atomic mass is 35.5. The first kappa shape index (κ1) is 18.6. The molecular weight excluding hydrogens is 371 g/mol. The molecule has 0 radical (unpaired) electrons. The lowest BCUT2D eigenvalue weighted by molar-refractivity contribution is 0.0941. The van der Waals surface area contributed by atoms with Gasteiger partial charge in [0.15, 0.2) is 0 Å². The van der Waals surface area contributed by atoms with Gasteiger partial charge in [-0.3, -0.25) is 9.52 Å². The Bertz CT molecular complexity index is 869. The Morgan fingerprint density at radius 2 is 1.75 bits per heavy atom. The van der Waals surface area contributed by atoms with Crippen LogP contribution < -0.4 is 10.0 Å². The molecule has 0 saturated heterocycles. The van der Waals surface area contributed by atoms with Gasteiger partial charge in [-0.1, -0.05) is 41.4 Å². The molecule has 0 heterocycles. The molecule has 0 spiro atoms. The second-order valence-corrected chi connectivity index (χ2v) is 7.85. The predicted octanol–water partition coefficient (Wildman–Crippen LogP) is 3.86. The summed E-state index contributed by atoms with van der Waals surface area (Å²) in [6.45, 7) is 1.80. The first-order valence-electron chi connectivity index (χ1n) is 7.00. The van der Waals surface area contributed by atoms with E-state index in [4.69, 9.17) is 23.2 Å². The minimum absolute atomic E-state index is 0.221. The molecule has 2 aromatic rings. The van der Waals surface area contributed by atoms with E-state index < -0.39 is 15.9 Å². The van der Waals surface area contributed by atoms with Crippen molar-refractivity contribution in [3.63, 3.8) is 0 Å². The van der Waals surface area contributed by atoms with Gasteiger partial charge < -0.3 is 5.32 Å². The van der Waals surface area contributed by atoms with Crippen LogP contribution in [0.3, 0.4) is 0 Å². The third-order valence-electron chi connectivity index (χ3n) is 3.26. The Hall–Kier alpha value is -1.76. The molecule has 0 aliphatic carbocycles. The summed E-state index contributed by atoms with van der Waals surface area (Å²) in [5, 5.41) is 3.64. The molecule has 2 aromatic carbocycles. The summed E-state index contributed by atoms with van der Waals surface area (Å²) in [7, 11) is -3.49. The van der Waals surface area contributed by atoms with E-state index in [9.17, 15) is 13.2 Å². The standard InChI is InChI=1S/C16H16Cl2N2O3S/c1-10(11-7-8-13(17)14(18)9-11)19-16(21)12-5-3-4-6-15(12)20-24(2,22)23/h3-10,20H,1-2H3,(H,19,21). The number of nitrogens with one attached hydrogen (secondary N) is 2. The maximum Gasteiger partial charge on any atom is 0.253 e. The number of anilines is 1. The van der Waals surface area contributed by atoms with Gasteiger partial charge in [0.25, 0.3) is 5.91 Å². The van der Waals surface area contributed by atoms with Crippen molar-refractivity contribution in [3.8, 4) is 0 Å². The molecule has 1 atom stereocenters. The molecule has 0 aliphatic heterocycles. The van der Waals surface area contributed by atoms with Gasteiger partial charge in [-0.05, 0) is 36.8 Å². The summed E-state index contributed by atoms with van der Waals surface area (Å²) in [6, 6.07) is 11.1. The van der Waals surface area contributed by atoms with E-state index in [0.717, 1.165) is 11.8 Å². The fraction of sp³-hybridized carbons (Fsp3) is 0.188. The number of halogens is 2. The zero-order valence-electron chi connectivity index (χ0n) is 13.0. The van der Waals surface area contributed by atoms with Gasteiger partial charge in [0.2, 0.25) is 10.0 Å². The van der Waals surface area contributed by atoms with Gasteiger partial charge in [0.1, 0.15) is 0 Å². The largest absolute Gasteiger partial charge is 0.345 e. The third kappa shape index (κ3) is 4.87. The van der Waals surface area contributed by atoms with Crippen molar-refractivity contribution in [2.24, 2.45) is 0 Å². The first-order valence-corrected chi connectivity index (χ1v) is 9.65. The molecule has 2 N–H and O–H groups in total. The molecule has 128 valence electrons. The maximum atomic E-state index is 12.5. The second kappa shape index (κ2) is 7.42. The molecule has 1 amide bonds. The Morgan fingerprint density at radius 1 is 1.08 bits per heavy atom. The van der Waals surface area contributed by atoms with Gasteiger partial charge in [-0.2, -0.15) is 0 Å². The van der Waals surface area contributed by atoms with E-state index in [2.05, 4.69) is 10.0 Å². The second-order valence-electron chi connectivity index (χ2n) is 5.29. The summed E-state index contributed by atoms with van der Waals surface area (Å²) >= 11 is 11.9. The van der Waals surface area contributed by atoms with Gasteiger partial charge in [0, 0.05) is 0 Å². The number of para-hydroxylation sites is 1. The van der Waals surface area contributed by atoms with E-state index in [1.807, 2.05) is 0 Å². The van der Waals surface area contributed by atoms with Crippen molar-refractivity contribution >= 4 is 44.8 Å². The predicted molar refractivity (Wildman–Crippen MR) is 97.3 cm³/mol. The van der Waals surface area contributed by atoms with Crippen LogP contribution >= 0.6 is 23.2 Å². The maximum absolute atomic E-state index is 12.5. The van der Waals surface area contributed by atoms with Gasteiger partial charge >= 0.3 is 0 Å². The minimum Gasteiger partial charge on any atom is -0.345 e. The van der Waals surface area contributed by atoms with Crippen LogP contribution in [0.2, 0.25) is 10.0 Å². The number of rotatable bonds is 5. The van der Waals surface area contributed by atoms with Crippen LogP contribution in [0.15, 0.2) is 42.5 Å². The van der Waals surface area contributed by atoms with Crippen molar-refractivity contribution in [1.82, 2.24) is 5.32 Å². The molecule has 1 unspecified atom stereocenters. The zero-order chi connectivity index (χ0) is 17.9. The molecule has 0 fully saturated rings. The highest BCUT2D eigenvalue weighted by molar-refractivity contribution is 7.92. The first-order chi connectivity index (χ1) is 11.2. The highest BCUT2D eigenvalue weighted by Gasteiger charge is 2.16. The fourth-order valence-corrected chi connectivity index (χ4v) is 2.99. The van der Waals surface area contributed by atoms with Crippen LogP contribution in [-0.2, 0) is 10.0 Å². The van der Waals surface area contributed by atoms with Crippen molar-refractivity contribution < 1.29 is 13.2 Å². The average molecular weight is 387 g/mol. The molecule has 0 aromatic heterocycles. The van der Waals surface area contributed by atoms with Gasteiger partial charge in [-0.15, -0.1) is 0 Å². The van der Waals surface area contributed by atoms with Crippen LogP contribution in [0, 0.1) is 0 Å². The number of hydrogen-bond donors (Lipinski definition) is 2. The number of benzene rings is 2. The molecule has 0 saturated carbocycles. The van der Waals surface area contributed by atoms with Crippen LogP contribution in [0.5, 0.6) is 0 Å². The van der Waals surface area contributed by atoms with E-state index in [1.165, 1.54) is 6.07 Å². The SMILES string of the molecule is CC(NC(=O)c1ccccc1NS(C)(=O)=O)c1ccc(Cl)c(Cl)c1. The quantitative estimate of drug-likeness (QED) is 0.818. The molecule has 0 aliphatic rings.